The van der Waals surface area contributed by atoms with Crippen molar-refractivity contribution in [2.75, 3.05) is 19.6 Å². The van der Waals surface area contributed by atoms with Crippen LogP contribution >= 0.6 is 0 Å². The lowest BCUT2D eigenvalue weighted by atomic mass is 9.97. The molecule has 1 aromatic carbocycles. The fourth-order valence-corrected chi connectivity index (χ4v) is 3.77. The summed E-state index contributed by atoms with van der Waals surface area (Å²) in [7, 11) is 0. The number of aromatic nitrogens is 1. The largest absolute Gasteiger partial charge is 0.335 e. The van der Waals surface area contributed by atoms with Gasteiger partial charge in [0.15, 0.2) is 0 Å². The number of rotatable bonds is 7. The Kier molecular flexibility index (Phi) is 6.81. The second kappa shape index (κ2) is 9.50. The summed E-state index contributed by atoms with van der Waals surface area (Å²) in [5.41, 5.74) is 3.12. The summed E-state index contributed by atoms with van der Waals surface area (Å²) in [5, 5.41) is 0. The Hall–Kier alpha value is -2.95. The third kappa shape index (κ3) is 5.11. The first-order valence-corrected chi connectivity index (χ1v) is 10.2. The topological polar surface area (TPSA) is 53.5 Å². The summed E-state index contributed by atoms with van der Waals surface area (Å²) in [6, 6.07) is 11.6. The summed E-state index contributed by atoms with van der Waals surface area (Å²) in [6.07, 6.45) is 6.28. The molecule has 0 saturated carbocycles. The van der Waals surface area contributed by atoms with Crippen LogP contribution in [-0.2, 0) is 16.0 Å². The van der Waals surface area contributed by atoms with Crippen molar-refractivity contribution in [3.05, 3.63) is 67.0 Å². The zero-order chi connectivity index (χ0) is 20.8. The molecule has 1 aliphatic rings. The van der Waals surface area contributed by atoms with Crippen LogP contribution in [-0.4, -0.2) is 52.3 Å². The van der Waals surface area contributed by atoms with Crippen LogP contribution in [0.2, 0.25) is 0 Å². The number of benzene rings is 1. The van der Waals surface area contributed by atoms with Gasteiger partial charge in [-0.05, 0) is 28.7 Å². The van der Waals surface area contributed by atoms with E-state index in [0.29, 0.717) is 32.5 Å². The number of hydrogen-bond donors (Lipinski definition) is 0. The Morgan fingerprint density at radius 2 is 2.03 bits per heavy atom. The van der Waals surface area contributed by atoms with Gasteiger partial charge in [0.2, 0.25) is 11.8 Å². The standard InChI is InChI=1S/C24H29N3O2/c1-4-11-26-12-13-27(23(28)14-18(2)3)22(24(26)29)16-19-7-5-8-20(15-19)21-9-6-10-25-17-21/h4-10,15,17-18,22H,1,11-14,16H2,2-3H3/t22-/m1/s1. The zero-order valence-corrected chi connectivity index (χ0v) is 17.3. The minimum atomic E-state index is -0.473. The highest BCUT2D eigenvalue weighted by Gasteiger charge is 2.36. The molecule has 0 aliphatic carbocycles. The smallest absolute Gasteiger partial charge is 0.246 e. The van der Waals surface area contributed by atoms with Crippen molar-refractivity contribution in [3.8, 4) is 11.1 Å². The van der Waals surface area contributed by atoms with Crippen LogP contribution in [0.3, 0.4) is 0 Å². The predicted molar refractivity (Wildman–Crippen MR) is 115 cm³/mol. The monoisotopic (exact) mass is 391 g/mol. The molecule has 3 rings (SSSR count). The molecular formula is C24H29N3O2. The van der Waals surface area contributed by atoms with Crippen LogP contribution in [0.4, 0.5) is 0 Å². The van der Waals surface area contributed by atoms with E-state index < -0.39 is 6.04 Å². The first kappa shape index (κ1) is 20.8. The molecular weight excluding hydrogens is 362 g/mol. The minimum Gasteiger partial charge on any atom is -0.335 e. The van der Waals surface area contributed by atoms with E-state index in [0.717, 1.165) is 16.7 Å². The first-order valence-electron chi connectivity index (χ1n) is 10.2. The summed E-state index contributed by atoms with van der Waals surface area (Å²) in [5.74, 6) is 0.318. The lowest BCUT2D eigenvalue weighted by Crippen LogP contribution is -2.59. The molecule has 1 saturated heterocycles. The molecule has 2 amide bonds. The SMILES string of the molecule is C=CCN1CCN(C(=O)CC(C)C)[C@H](Cc2cccc(-c3cccnc3)c2)C1=O. The van der Waals surface area contributed by atoms with Crippen LogP contribution < -0.4 is 0 Å². The zero-order valence-electron chi connectivity index (χ0n) is 17.3. The fraction of sp³-hybridized carbons (Fsp3) is 0.375. The fourth-order valence-electron chi connectivity index (χ4n) is 3.77. The third-order valence-electron chi connectivity index (χ3n) is 5.19. The van der Waals surface area contributed by atoms with Crippen molar-refractivity contribution < 1.29 is 9.59 Å². The normalized spacial score (nSPS) is 16.9. The van der Waals surface area contributed by atoms with Crippen LogP contribution in [0, 0.1) is 5.92 Å². The first-order chi connectivity index (χ1) is 14.0. The van der Waals surface area contributed by atoms with E-state index in [4.69, 9.17) is 0 Å². The Labute approximate surface area is 173 Å². The number of carbonyl (C=O) groups excluding carboxylic acids is 2. The Balaban J connectivity index is 1.86. The molecule has 0 unspecified atom stereocenters. The molecule has 5 nitrogen and oxygen atoms in total. The second-order valence-electron chi connectivity index (χ2n) is 7.92. The summed E-state index contributed by atoms with van der Waals surface area (Å²) >= 11 is 0. The molecule has 2 heterocycles. The molecule has 29 heavy (non-hydrogen) atoms. The van der Waals surface area contributed by atoms with Gasteiger partial charge in [-0.15, -0.1) is 6.58 Å². The van der Waals surface area contributed by atoms with Gasteiger partial charge < -0.3 is 9.80 Å². The lowest BCUT2D eigenvalue weighted by molar-refractivity contribution is -0.151. The summed E-state index contributed by atoms with van der Waals surface area (Å²) in [4.78, 5) is 33.7. The van der Waals surface area contributed by atoms with Gasteiger partial charge in [0.1, 0.15) is 6.04 Å². The van der Waals surface area contributed by atoms with E-state index in [1.807, 2.05) is 50.4 Å². The van der Waals surface area contributed by atoms with Crippen LogP contribution in [0.1, 0.15) is 25.8 Å². The highest BCUT2D eigenvalue weighted by molar-refractivity contribution is 5.89. The molecule has 1 fully saturated rings. The van der Waals surface area contributed by atoms with Gasteiger partial charge in [-0.3, -0.25) is 14.6 Å². The number of piperazine rings is 1. The molecule has 152 valence electrons. The van der Waals surface area contributed by atoms with Gasteiger partial charge in [0.25, 0.3) is 0 Å². The quantitative estimate of drug-likeness (QED) is 0.678. The highest BCUT2D eigenvalue weighted by atomic mass is 16.2. The van der Waals surface area contributed by atoms with Crippen LogP contribution in [0.5, 0.6) is 0 Å². The van der Waals surface area contributed by atoms with Crippen molar-refractivity contribution in [1.82, 2.24) is 14.8 Å². The molecule has 0 radical (unpaired) electrons. The molecule has 0 N–H and O–H groups in total. The van der Waals surface area contributed by atoms with Crippen molar-refractivity contribution in [1.29, 1.82) is 0 Å². The molecule has 1 atom stereocenters. The highest BCUT2D eigenvalue weighted by Crippen LogP contribution is 2.23. The van der Waals surface area contributed by atoms with E-state index in [2.05, 4.69) is 17.6 Å². The third-order valence-corrected chi connectivity index (χ3v) is 5.19. The average molecular weight is 392 g/mol. The maximum atomic E-state index is 13.1. The Morgan fingerprint density at radius 3 is 2.72 bits per heavy atom. The van der Waals surface area contributed by atoms with E-state index >= 15 is 0 Å². The molecule has 0 spiro atoms. The second-order valence-corrected chi connectivity index (χ2v) is 7.92. The predicted octanol–water partition coefficient (Wildman–Crippen LogP) is 3.56. The van der Waals surface area contributed by atoms with Crippen LogP contribution in [0.25, 0.3) is 11.1 Å². The Morgan fingerprint density at radius 1 is 1.24 bits per heavy atom. The van der Waals surface area contributed by atoms with E-state index in [9.17, 15) is 9.59 Å². The van der Waals surface area contributed by atoms with Gasteiger partial charge in [0.05, 0.1) is 0 Å². The number of carbonyl (C=O) groups is 2. The molecule has 2 aromatic rings. The van der Waals surface area contributed by atoms with Crippen molar-refractivity contribution in [3.63, 3.8) is 0 Å². The van der Waals surface area contributed by atoms with E-state index in [1.54, 1.807) is 22.1 Å². The van der Waals surface area contributed by atoms with E-state index in [-0.39, 0.29) is 17.7 Å². The van der Waals surface area contributed by atoms with Crippen molar-refractivity contribution in [2.45, 2.75) is 32.7 Å². The average Bonchev–Trinajstić information content (AvgIpc) is 2.71. The van der Waals surface area contributed by atoms with Gasteiger partial charge in [0, 0.05) is 44.9 Å². The number of amides is 2. The van der Waals surface area contributed by atoms with Gasteiger partial charge in [-0.2, -0.15) is 0 Å². The maximum Gasteiger partial charge on any atom is 0.246 e. The molecule has 1 aliphatic heterocycles. The number of nitrogens with zero attached hydrogens (tertiary/aromatic N) is 3. The minimum absolute atomic E-state index is 0.0000342. The number of pyridine rings is 1. The Bertz CT molecular complexity index is 863. The maximum absolute atomic E-state index is 13.1. The molecule has 1 aromatic heterocycles. The van der Waals surface area contributed by atoms with E-state index in [1.165, 1.54) is 0 Å². The number of hydrogen-bond acceptors (Lipinski definition) is 3. The van der Waals surface area contributed by atoms with Gasteiger partial charge in [-0.1, -0.05) is 50.3 Å². The van der Waals surface area contributed by atoms with Crippen molar-refractivity contribution in [2.24, 2.45) is 5.92 Å². The van der Waals surface area contributed by atoms with Crippen molar-refractivity contribution >= 4 is 11.8 Å². The van der Waals surface area contributed by atoms with Crippen LogP contribution in [0.15, 0.2) is 61.4 Å². The lowest BCUT2D eigenvalue weighted by Gasteiger charge is -2.40. The summed E-state index contributed by atoms with van der Waals surface area (Å²) < 4.78 is 0. The molecule has 5 heteroatoms. The van der Waals surface area contributed by atoms with Gasteiger partial charge >= 0.3 is 0 Å². The molecule has 0 bridgehead atoms. The van der Waals surface area contributed by atoms with Gasteiger partial charge in [-0.25, -0.2) is 0 Å². The summed E-state index contributed by atoms with van der Waals surface area (Å²) in [6.45, 7) is 9.45.